The van der Waals surface area contributed by atoms with Crippen LogP contribution in [-0.4, -0.2) is 37.4 Å². The van der Waals surface area contributed by atoms with E-state index in [-0.39, 0.29) is 23.2 Å². The number of thiophene rings is 1. The molecule has 0 saturated heterocycles. The molecule has 148 valence electrons. The molecular formula is C19H20N2O5S2. The van der Waals surface area contributed by atoms with Gasteiger partial charge < -0.3 is 14.5 Å². The summed E-state index contributed by atoms with van der Waals surface area (Å²) in [5, 5.41) is 0.505. The summed E-state index contributed by atoms with van der Waals surface area (Å²) in [5.74, 6) is 1.62. The van der Waals surface area contributed by atoms with E-state index >= 15 is 0 Å². The zero-order chi connectivity index (χ0) is 20.1. The highest BCUT2D eigenvalue weighted by molar-refractivity contribution is 7.90. The third-order valence-corrected chi connectivity index (χ3v) is 7.42. The van der Waals surface area contributed by atoms with Gasteiger partial charge in [-0.2, -0.15) is 0 Å². The first-order chi connectivity index (χ1) is 13.3. The summed E-state index contributed by atoms with van der Waals surface area (Å²) in [7, 11) is -1.55. The summed E-state index contributed by atoms with van der Waals surface area (Å²) in [4.78, 5) is 21.4. The average Bonchev–Trinajstić information content (AvgIpc) is 2.98. The number of aryl methyl sites for hydroxylation is 1. The predicted molar refractivity (Wildman–Crippen MR) is 109 cm³/mol. The number of hydrogen-bond acceptors (Lipinski definition) is 7. The molecule has 1 aliphatic heterocycles. The molecule has 0 bridgehead atoms. The van der Waals surface area contributed by atoms with Gasteiger partial charge in [0.05, 0.1) is 30.1 Å². The van der Waals surface area contributed by atoms with Crippen molar-refractivity contribution in [2.45, 2.75) is 32.1 Å². The van der Waals surface area contributed by atoms with Gasteiger partial charge in [-0.15, -0.1) is 11.3 Å². The Morgan fingerprint density at radius 3 is 2.75 bits per heavy atom. The minimum atomic E-state index is -3.10. The van der Waals surface area contributed by atoms with Crippen LogP contribution in [0.4, 0.5) is 0 Å². The van der Waals surface area contributed by atoms with E-state index in [4.69, 9.17) is 9.47 Å². The quantitative estimate of drug-likeness (QED) is 0.697. The molecule has 0 saturated carbocycles. The maximum Gasteiger partial charge on any atom is 0.260 e. The van der Waals surface area contributed by atoms with E-state index in [9.17, 15) is 13.2 Å². The van der Waals surface area contributed by atoms with Gasteiger partial charge in [0.25, 0.3) is 5.56 Å². The molecule has 0 spiro atoms. The van der Waals surface area contributed by atoms with E-state index in [1.165, 1.54) is 11.3 Å². The molecule has 3 aromatic rings. The lowest BCUT2D eigenvalue weighted by Gasteiger charge is -2.14. The first kappa shape index (κ1) is 18.9. The number of nitrogens with one attached hydrogen (secondary N) is 1. The minimum Gasteiger partial charge on any atom is -0.493 e. The topological polar surface area (TPSA) is 98.4 Å². The lowest BCUT2D eigenvalue weighted by atomic mass is 10.1. The molecule has 0 aliphatic carbocycles. The van der Waals surface area contributed by atoms with Gasteiger partial charge in [0.15, 0.2) is 21.3 Å². The summed E-state index contributed by atoms with van der Waals surface area (Å²) in [6.45, 7) is 3.86. The van der Waals surface area contributed by atoms with E-state index in [2.05, 4.69) is 9.97 Å². The van der Waals surface area contributed by atoms with Crippen molar-refractivity contribution in [2.75, 3.05) is 12.9 Å². The van der Waals surface area contributed by atoms with Crippen LogP contribution in [-0.2, 0) is 22.0 Å². The highest BCUT2D eigenvalue weighted by Crippen LogP contribution is 2.35. The van der Waals surface area contributed by atoms with Gasteiger partial charge in [0.2, 0.25) is 0 Å². The molecule has 28 heavy (non-hydrogen) atoms. The molecule has 7 nitrogen and oxygen atoms in total. The maximum atomic E-state index is 12.7. The zero-order valence-corrected chi connectivity index (χ0v) is 17.4. The number of benzene rings is 1. The molecule has 0 unspecified atom stereocenters. The van der Waals surface area contributed by atoms with Crippen LogP contribution in [0.15, 0.2) is 23.0 Å². The van der Waals surface area contributed by atoms with Crippen LogP contribution in [0.3, 0.4) is 0 Å². The predicted octanol–water partition coefficient (Wildman–Crippen LogP) is 2.92. The van der Waals surface area contributed by atoms with Gasteiger partial charge in [-0.3, -0.25) is 4.79 Å². The Labute approximate surface area is 166 Å². The lowest BCUT2D eigenvalue weighted by Crippen LogP contribution is -2.19. The summed E-state index contributed by atoms with van der Waals surface area (Å²) in [5.41, 5.74) is 1.25. The molecule has 3 heterocycles. The number of hydrogen-bond donors (Lipinski definition) is 1. The van der Waals surface area contributed by atoms with Gasteiger partial charge >= 0.3 is 0 Å². The molecule has 2 aromatic heterocycles. The van der Waals surface area contributed by atoms with Gasteiger partial charge in [-0.25, -0.2) is 13.4 Å². The second-order valence-electron chi connectivity index (χ2n) is 6.97. The Balaban J connectivity index is 1.81. The highest BCUT2D eigenvalue weighted by atomic mass is 32.2. The Hall–Kier alpha value is -2.39. The average molecular weight is 421 g/mol. The molecule has 1 N–H and O–H groups in total. The monoisotopic (exact) mass is 420 g/mol. The molecule has 0 radical (unpaired) electrons. The fraction of sp³-hybridized carbons (Fsp3) is 0.368. The van der Waals surface area contributed by atoms with Crippen LogP contribution in [0, 0.1) is 0 Å². The van der Waals surface area contributed by atoms with Crippen molar-refractivity contribution in [1.82, 2.24) is 9.97 Å². The molecule has 1 aliphatic rings. The second kappa shape index (κ2) is 6.89. The summed E-state index contributed by atoms with van der Waals surface area (Å²) >= 11 is 1.28. The summed E-state index contributed by atoms with van der Waals surface area (Å²) in [6, 6.07) is 5.35. The van der Waals surface area contributed by atoms with Crippen molar-refractivity contribution in [3.8, 4) is 22.9 Å². The Morgan fingerprint density at radius 2 is 2.04 bits per heavy atom. The molecule has 4 rings (SSSR count). The Bertz CT molecular complexity index is 1230. The standard InChI is InChI=1S/C19H20N2O5S2/c1-10(2)26-13-5-4-11(8-14(13)25-3)17-20-18(22)16-12-6-7-28(23,24)9-15(12)27-19(16)21-17/h4-5,8,10H,6-7,9H2,1-3H3,(H,20,21,22). The number of ether oxygens (including phenoxy) is 2. The smallest absolute Gasteiger partial charge is 0.260 e. The van der Waals surface area contributed by atoms with Gasteiger partial charge in [0.1, 0.15) is 10.7 Å². The van der Waals surface area contributed by atoms with Crippen molar-refractivity contribution in [3.63, 3.8) is 0 Å². The van der Waals surface area contributed by atoms with Crippen molar-refractivity contribution in [2.24, 2.45) is 0 Å². The number of H-pyrrole nitrogens is 1. The SMILES string of the molecule is COc1cc(-c2nc3sc4c(c3c(=O)[nH]2)CCS(=O)(=O)C4)ccc1OC(C)C. The third kappa shape index (κ3) is 3.40. The number of methoxy groups -OCH3 is 1. The zero-order valence-electron chi connectivity index (χ0n) is 15.7. The molecular weight excluding hydrogens is 400 g/mol. The maximum absolute atomic E-state index is 12.7. The number of nitrogens with zero attached hydrogens (tertiary/aromatic N) is 1. The van der Waals surface area contributed by atoms with E-state index in [1.807, 2.05) is 19.9 Å². The molecule has 9 heteroatoms. The molecule has 0 fully saturated rings. The highest BCUT2D eigenvalue weighted by Gasteiger charge is 2.27. The Morgan fingerprint density at radius 1 is 1.25 bits per heavy atom. The number of rotatable bonds is 4. The van der Waals surface area contributed by atoms with E-state index < -0.39 is 9.84 Å². The first-order valence-electron chi connectivity index (χ1n) is 8.87. The normalized spacial score (nSPS) is 15.6. The number of fused-ring (bicyclic) bond motifs is 3. The fourth-order valence-corrected chi connectivity index (χ4v) is 6.35. The van der Waals surface area contributed by atoms with Crippen LogP contribution < -0.4 is 15.0 Å². The number of aromatic nitrogens is 2. The van der Waals surface area contributed by atoms with Crippen LogP contribution >= 0.6 is 11.3 Å². The molecule has 1 aromatic carbocycles. The van der Waals surface area contributed by atoms with Gasteiger partial charge in [-0.05, 0) is 44.0 Å². The minimum absolute atomic E-state index is 0.00255. The molecule has 0 atom stereocenters. The van der Waals surface area contributed by atoms with Crippen molar-refractivity contribution in [3.05, 3.63) is 39.0 Å². The van der Waals surface area contributed by atoms with Crippen molar-refractivity contribution < 1.29 is 17.9 Å². The summed E-state index contributed by atoms with van der Waals surface area (Å²) < 4.78 is 35.0. The largest absolute Gasteiger partial charge is 0.493 e. The Kier molecular flexibility index (Phi) is 4.67. The molecule has 0 amide bonds. The van der Waals surface area contributed by atoms with Crippen LogP contribution in [0.2, 0.25) is 0 Å². The van der Waals surface area contributed by atoms with Crippen LogP contribution in [0.5, 0.6) is 11.5 Å². The number of sulfone groups is 1. The van der Waals surface area contributed by atoms with Gasteiger partial charge in [0, 0.05) is 10.4 Å². The van der Waals surface area contributed by atoms with Gasteiger partial charge in [-0.1, -0.05) is 0 Å². The first-order valence-corrected chi connectivity index (χ1v) is 11.5. The van der Waals surface area contributed by atoms with E-state index in [0.29, 0.717) is 39.5 Å². The fourth-order valence-electron chi connectivity index (χ4n) is 3.32. The summed E-state index contributed by atoms with van der Waals surface area (Å²) in [6.07, 6.45) is 0.361. The second-order valence-corrected chi connectivity index (χ2v) is 10.2. The van der Waals surface area contributed by atoms with Crippen molar-refractivity contribution in [1.29, 1.82) is 0 Å². The van der Waals surface area contributed by atoms with Crippen LogP contribution in [0.25, 0.3) is 21.6 Å². The number of aromatic amines is 1. The van der Waals surface area contributed by atoms with Crippen LogP contribution in [0.1, 0.15) is 24.3 Å². The van der Waals surface area contributed by atoms with E-state index in [0.717, 1.165) is 10.4 Å². The lowest BCUT2D eigenvalue weighted by molar-refractivity contribution is 0.230. The third-order valence-electron chi connectivity index (χ3n) is 4.56. The van der Waals surface area contributed by atoms with Crippen molar-refractivity contribution >= 4 is 31.4 Å². The van der Waals surface area contributed by atoms with E-state index in [1.54, 1.807) is 19.2 Å².